The Hall–Kier alpha value is -0.420. The van der Waals surface area contributed by atoms with Crippen molar-refractivity contribution in [2.24, 2.45) is 0 Å². The lowest BCUT2D eigenvalue weighted by atomic mass is 10.1. The molecule has 1 aromatic heterocycles. The van der Waals surface area contributed by atoms with Crippen molar-refractivity contribution in [3.63, 3.8) is 0 Å². The van der Waals surface area contributed by atoms with Crippen molar-refractivity contribution in [1.29, 1.82) is 0 Å². The van der Waals surface area contributed by atoms with Gasteiger partial charge in [0.15, 0.2) is 5.78 Å². The molecule has 1 heterocycles. The normalized spacial score (nSPS) is 13.1. The van der Waals surface area contributed by atoms with Crippen molar-refractivity contribution in [2.75, 3.05) is 27.3 Å². The Bertz CT molecular complexity index is 354. The molecule has 90 valence electrons. The summed E-state index contributed by atoms with van der Waals surface area (Å²) >= 11 is 7.13. The minimum Gasteiger partial charge on any atom is -0.383 e. The monoisotopic (exact) mass is 261 g/mol. The molecule has 5 heteroatoms. The number of hydrogen-bond acceptors (Lipinski definition) is 4. The van der Waals surface area contributed by atoms with Gasteiger partial charge in [0.2, 0.25) is 0 Å². The van der Waals surface area contributed by atoms with Crippen molar-refractivity contribution < 1.29 is 9.53 Å². The molecule has 0 radical (unpaired) electrons. The third-order valence-corrected chi connectivity index (χ3v) is 3.75. The maximum absolute atomic E-state index is 12.0. The number of thiophene rings is 1. The summed E-state index contributed by atoms with van der Waals surface area (Å²) in [5.41, 5.74) is 0. The fourth-order valence-electron chi connectivity index (χ4n) is 1.28. The van der Waals surface area contributed by atoms with Crippen molar-refractivity contribution >= 4 is 28.7 Å². The minimum atomic E-state index is -0.148. The average molecular weight is 262 g/mol. The van der Waals surface area contributed by atoms with E-state index in [9.17, 15) is 4.79 Å². The number of nitrogens with zero attached hydrogens (tertiary/aromatic N) is 1. The van der Waals surface area contributed by atoms with E-state index < -0.39 is 0 Å². The van der Waals surface area contributed by atoms with Gasteiger partial charge in [0.1, 0.15) is 0 Å². The van der Waals surface area contributed by atoms with Crippen LogP contribution in [0.25, 0.3) is 0 Å². The van der Waals surface area contributed by atoms with Crippen LogP contribution in [-0.4, -0.2) is 44.0 Å². The van der Waals surface area contributed by atoms with E-state index in [1.165, 1.54) is 11.3 Å². The lowest BCUT2D eigenvalue weighted by molar-refractivity contribution is 0.0830. The molecule has 0 N–H and O–H groups in total. The molecule has 0 saturated carbocycles. The van der Waals surface area contributed by atoms with Gasteiger partial charge in [-0.1, -0.05) is 11.6 Å². The number of rotatable bonds is 6. The van der Waals surface area contributed by atoms with Crippen LogP contribution in [0, 0.1) is 0 Å². The van der Waals surface area contributed by atoms with Gasteiger partial charge < -0.3 is 4.74 Å². The van der Waals surface area contributed by atoms with Crippen molar-refractivity contribution in [1.82, 2.24) is 4.90 Å². The molecule has 1 rings (SSSR count). The smallest absolute Gasteiger partial charge is 0.189 e. The van der Waals surface area contributed by atoms with Crippen LogP contribution in [0.3, 0.4) is 0 Å². The van der Waals surface area contributed by atoms with Gasteiger partial charge >= 0.3 is 0 Å². The maximum Gasteiger partial charge on any atom is 0.189 e. The topological polar surface area (TPSA) is 29.5 Å². The predicted molar refractivity (Wildman–Crippen MR) is 67.6 cm³/mol. The maximum atomic E-state index is 12.0. The van der Waals surface area contributed by atoms with Gasteiger partial charge in [-0.25, -0.2) is 0 Å². The van der Waals surface area contributed by atoms with E-state index in [4.69, 9.17) is 16.3 Å². The molecule has 0 spiro atoms. The third kappa shape index (κ3) is 3.56. The Morgan fingerprint density at radius 2 is 2.31 bits per heavy atom. The fourth-order valence-corrected chi connectivity index (χ4v) is 2.35. The van der Waals surface area contributed by atoms with Crippen LogP contribution in [-0.2, 0) is 4.74 Å². The zero-order valence-corrected chi connectivity index (χ0v) is 11.3. The van der Waals surface area contributed by atoms with Crippen LogP contribution < -0.4 is 0 Å². The summed E-state index contributed by atoms with van der Waals surface area (Å²) in [6, 6.07) is 3.38. The Morgan fingerprint density at radius 3 is 2.81 bits per heavy atom. The molecular formula is C11H16ClNO2S. The number of carbonyl (C=O) groups excluding carboxylic acids is 1. The Labute approximate surface area is 105 Å². The molecule has 0 bridgehead atoms. The molecule has 0 saturated heterocycles. The van der Waals surface area contributed by atoms with Crippen molar-refractivity contribution in [3.05, 3.63) is 21.3 Å². The second-order valence-corrected chi connectivity index (χ2v) is 5.33. The van der Waals surface area contributed by atoms with Crippen molar-refractivity contribution in [3.8, 4) is 0 Å². The first-order valence-electron chi connectivity index (χ1n) is 5.05. The van der Waals surface area contributed by atoms with Gasteiger partial charge in [-0.3, -0.25) is 9.69 Å². The van der Waals surface area contributed by atoms with E-state index in [1.54, 1.807) is 19.2 Å². The zero-order chi connectivity index (χ0) is 12.1. The molecule has 3 nitrogen and oxygen atoms in total. The summed E-state index contributed by atoms with van der Waals surface area (Å²) in [5, 5.41) is 0. The van der Waals surface area contributed by atoms with Gasteiger partial charge in [-0.2, -0.15) is 0 Å². The first-order valence-corrected chi connectivity index (χ1v) is 6.24. The van der Waals surface area contributed by atoms with E-state index in [0.717, 1.165) is 6.54 Å². The lowest BCUT2D eigenvalue weighted by Crippen LogP contribution is -2.37. The lowest BCUT2D eigenvalue weighted by Gasteiger charge is -2.22. The highest BCUT2D eigenvalue weighted by molar-refractivity contribution is 7.18. The Morgan fingerprint density at radius 1 is 1.62 bits per heavy atom. The summed E-state index contributed by atoms with van der Waals surface area (Å²) in [6.45, 7) is 3.26. The van der Waals surface area contributed by atoms with Crippen LogP contribution in [0.1, 0.15) is 16.6 Å². The average Bonchev–Trinajstić information content (AvgIpc) is 2.70. The summed E-state index contributed by atoms with van der Waals surface area (Å²) in [4.78, 5) is 14.7. The van der Waals surface area contributed by atoms with Crippen LogP contribution in [0.4, 0.5) is 0 Å². The van der Waals surface area contributed by atoms with E-state index in [2.05, 4.69) is 0 Å². The van der Waals surface area contributed by atoms with Gasteiger partial charge in [-0.15, -0.1) is 11.3 Å². The molecular weight excluding hydrogens is 246 g/mol. The van der Waals surface area contributed by atoms with E-state index in [1.807, 2.05) is 18.9 Å². The fraction of sp³-hybridized carbons (Fsp3) is 0.545. The highest BCUT2D eigenvalue weighted by Crippen LogP contribution is 2.23. The molecule has 0 amide bonds. The van der Waals surface area contributed by atoms with Crippen LogP contribution >= 0.6 is 22.9 Å². The number of ether oxygens (including phenoxy) is 1. The second-order valence-electron chi connectivity index (χ2n) is 3.62. The van der Waals surface area contributed by atoms with Gasteiger partial charge in [0, 0.05) is 13.7 Å². The Balaban J connectivity index is 2.59. The number of halogens is 1. The summed E-state index contributed by atoms with van der Waals surface area (Å²) in [7, 11) is 3.57. The number of methoxy groups -OCH3 is 1. The van der Waals surface area contributed by atoms with Gasteiger partial charge in [0.05, 0.1) is 21.9 Å². The number of Topliss-reactive ketones (excluding diaryl/α,β-unsaturated/α-hetero) is 1. The number of ketones is 1. The molecule has 0 aliphatic carbocycles. The largest absolute Gasteiger partial charge is 0.383 e. The predicted octanol–water partition coefficient (Wildman–Crippen LogP) is 2.55. The molecule has 1 atom stereocenters. The Kier molecular flexibility index (Phi) is 5.41. The minimum absolute atomic E-state index is 0.107. The number of hydrogen-bond donors (Lipinski definition) is 0. The molecule has 0 aliphatic heterocycles. The highest BCUT2D eigenvalue weighted by atomic mass is 35.5. The van der Waals surface area contributed by atoms with E-state index >= 15 is 0 Å². The molecule has 1 aromatic rings. The quantitative estimate of drug-likeness (QED) is 0.737. The number of carbonyl (C=O) groups is 1. The molecule has 16 heavy (non-hydrogen) atoms. The van der Waals surface area contributed by atoms with Crippen molar-refractivity contribution in [2.45, 2.75) is 13.0 Å². The third-order valence-electron chi connectivity index (χ3n) is 2.50. The SMILES string of the molecule is COCCN(C)C(C)C(=O)c1ccc(Cl)s1. The van der Waals surface area contributed by atoms with Crippen LogP contribution in [0.2, 0.25) is 4.34 Å². The van der Waals surface area contributed by atoms with Gasteiger partial charge in [-0.05, 0) is 26.1 Å². The summed E-state index contributed by atoms with van der Waals surface area (Å²) in [6.07, 6.45) is 0. The van der Waals surface area contributed by atoms with Crippen LogP contribution in [0.5, 0.6) is 0 Å². The second kappa shape index (κ2) is 6.35. The van der Waals surface area contributed by atoms with Crippen LogP contribution in [0.15, 0.2) is 12.1 Å². The first-order chi connectivity index (χ1) is 7.56. The zero-order valence-electron chi connectivity index (χ0n) is 9.70. The molecule has 0 fully saturated rings. The highest BCUT2D eigenvalue weighted by Gasteiger charge is 2.20. The molecule has 1 unspecified atom stereocenters. The number of likely N-dealkylation sites (N-methyl/N-ethyl adjacent to an activating group) is 1. The van der Waals surface area contributed by atoms with E-state index in [-0.39, 0.29) is 11.8 Å². The van der Waals surface area contributed by atoms with Gasteiger partial charge in [0.25, 0.3) is 0 Å². The summed E-state index contributed by atoms with van der Waals surface area (Å²) < 4.78 is 5.63. The summed E-state index contributed by atoms with van der Waals surface area (Å²) in [5.74, 6) is 0.107. The molecule has 0 aromatic carbocycles. The molecule has 0 aliphatic rings. The standard InChI is InChI=1S/C11H16ClNO2S/c1-8(13(2)6-7-15-3)11(14)9-4-5-10(12)16-9/h4-5,8H,6-7H2,1-3H3. The van der Waals surface area contributed by atoms with E-state index in [0.29, 0.717) is 15.8 Å². The first kappa shape index (κ1) is 13.6.